The van der Waals surface area contributed by atoms with Crippen LogP contribution in [0.2, 0.25) is 0 Å². The Morgan fingerprint density at radius 2 is 2.03 bits per heavy atom. The molecule has 1 saturated heterocycles. The van der Waals surface area contributed by atoms with Crippen LogP contribution in [0.1, 0.15) is 41.9 Å². The van der Waals surface area contributed by atoms with E-state index in [1.54, 1.807) is 11.0 Å². The Morgan fingerprint density at radius 1 is 1.19 bits per heavy atom. The lowest BCUT2D eigenvalue weighted by Crippen LogP contribution is -2.45. The maximum atomic E-state index is 14.2. The number of fused-ring (bicyclic) bond motifs is 3. The summed E-state index contributed by atoms with van der Waals surface area (Å²) in [6.45, 7) is 2.38. The fraction of sp³-hybridized carbons (Fsp3) is 0.300. The summed E-state index contributed by atoms with van der Waals surface area (Å²) >= 11 is 0. The van der Waals surface area contributed by atoms with Gasteiger partial charge in [0.1, 0.15) is 11.3 Å². The van der Waals surface area contributed by atoms with Crippen LogP contribution in [0.25, 0.3) is 16.6 Å². The summed E-state index contributed by atoms with van der Waals surface area (Å²) in [6.07, 6.45) is 4.41. The minimum absolute atomic E-state index is 0.0321. The van der Waals surface area contributed by atoms with E-state index in [-0.39, 0.29) is 40.4 Å². The number of hydrogen-bond donors (Lipinski definition) is 1. The van der Waals surface area contributed by atoms with E-state index in [2.05, 4.69) is 25.3 Å². The van der Waals surface area contributed by atoms with Gasteiger partial charge < -0.3 is 10.6 Å². The normalized spacial score (nSPS) is 19.3. The molecule has 2 N–H and O–H groups in total. The molecular formula is C20H18F2N8O. The molecule has 1 fully saturated rings. The van der Waals surface area contributed by atoms with Gasteiger partial charge in [0.2, 0.25) is 5.95 Å². The van der Waals surface area contributed by atoms with Crippen LogP contribution in [0.3, 0.4) is 0 Å². The zero-order valence-electron chi connectivity index (χ0n) is 16.5. The lowest BCUT2D eigenvalue weighted by molar-refractivity contribution is 0.0605. The van der Waals surface area contributed by atoms with Crippen LogP contribution in [0.15, 0.2) is 30.6 Å². The van der Waals surface area contributed by atoms with Gasteiger partial charge in [0, 0.05) is 24.6 Å². The first kappa shape index (κ1) is 19.2. The Kier molecular flexibility index (Phi) is 4.45. The van der Waals surface area contributed by atoms with E-state index in [1.807, 2.05) is 6.92 Å². The van der Waals surface area contributed by atoms with Crippen molar-refractivity contribution in [2.24, 2.45) is 0 Å². The molecule has 1 aromatic carbocycles. The van der Waals surface area contributed by atoms with Crippen molar-refractivity contribution in [2.75, 3.05) is 12.3 Å². The highest BCUT2D eigenvalue weighted by atomic mass is 19.1. The number of hydrogen-bond acceptors (Lipinski definition) is 7. The number of anilines is 1. The molecule has 4 aromatic rings. The van der Waals surface area contributed by atoms with E-state index >= 15 is 0 Å². The molecule has 31 heavy (non-hydrogen) atoms. The van der Waals surface area contributed by atoms with Crippen molar-refractivity contribution in [2.45, 2.75) is 31.7 Å². The topological polar surface area (TPSA) is 115 Å². The third-order valence-electron chi connectivity index (χ3n) is 5.68. The van der Waals surface area contributed by atoms with Crippen LogP contribution in [0, 0.1) is 11.6 Å². The molecule has 5 rings (SSSR count). The van der Waals surface area contributed by atoms with Crippen LogP contribution >= 0.6 is 0 Å². The second-order valence-corrected chi connectivity index (χ2v) is 7.67. The molecule has 1 aliphatic rings. The van der Waals surface area contributed by atoms with Crippen LogP contribution in [-0.4, -0.2) is 53.2 Å². The molecule has 9 nitrogen and oxygen atoms in total. The van der Waals surface area contributed by atoms with Crippen molar-refractivity contribution in [3.63, 3.8) is 0 Å². The van der Waals surface area contributed by atoms with Crippen molar-refractivity contribution >= 4 is 28.4 Å². The SMILES string of the molecule is C[C@H]1CC[C@@H](c2nc3c4cc(F)cc(F)c4nc(N)n3n2)CN1C(=O)c1ccnnc1. The number of halogens is 2. The lowest BCUT2D eigenvalue weighted by Gasteiger charge is -2.37. The molecule has 11 heteroatoms. The Hall–Kier alpha value is -3.76. The van der Waals surface area contributed by atoms with Crippen LogP contribution < -0.4 is 5.73 Å². The Morgan fingerprint density at radius 3 is 2.81 bits per heavy atom. The minimum Gasteiger partial charge on any atom is -0.368 e. The highest BCUT2D eigenvalue weighted by Crippen LogP contribution is 2.31. The average Bonchev–Trinajstić information content (AvgIpc) is 3.22. The maximum Gasteiger partial charge on any atom is 0.255 e. The van der Waals surface area contributed by atoms with Gasteiger partial charge in [0.15, 0.2) is 17.3 Å². The number of carbonyl (C=O) groups excluding carboxylic acids is 1. The molecule has 0 spiro atoms. The first-order valence-electron chi connectivity index (χ1n) is 9.81. The predicted octanol–water partition coefficient (Wildman–Crippen LogP) is 2.34. The first-order valence-corrected chi connectivity index (χ1v) is 9.81. The Labute approximate surface area is 174 Å². The van der Waals surface area contributed by atoms with Gasteiger partial charge >= 0.3 is 0 Å². The van der Waals surface area contributed by atoms with E-state index < -0.39 is 11.6 Å². The van der Waals surface area contributed by atoms with E-state index in [0.717, 1.165) is 25.0 Å². The van der Waals surface area contributed by atoms with Crippen molar-refractivity contribution < 1.29 is 13.6 Å². The van der Waals surface area contributed by atoms with E-state index in [0.29, 0.717) is 17.9 Å². The number of nitrogen functional groups attached to an aromatic ring is 1. The lowest BCUT2D eigenvalue weighted by atomic mass is 9.92. The fourth-order valence-electron chi connectivity index (χ4n) is 4.03. The van der Waals surface area contributed by atoms with Gasteiger partial charge in [-0.2, -0.15) is 14.7 Å². The van der Waals surface area contributed by atoms with Crippen LogP contribution in [0.5, 0.6) is 0 Å². The molecule has 158 valence electrons. The number of likely N-dealkylation sites (tertiary alicyclic amines) is 1. The van der Waals surface area contributed by atoms with Gasteiger partial charge in [-0.3, -0.25) is 4.79 Å². The summed E-state index contributed by atoms with van der Waals surface area (Å²) < 4.78 is 29.3. The van der Waals surface area contributed by atoms with Gasteiger partial charge in [-0.25, -0.2) is 18.7 Å². The smallest absolute Gasteiger partial charge is 0.255 e. The monoisotopic (exact) mass is 424 g/mol. The van der Waals surface area contributed by atoms with Crippen molar-refractivity contribution in [1.82, 2.24) is 34.7 Å². The standard InChI is InChI=1S/C20H18F2N8O/c1-10-2-3-12(9-29(10)19(31)11-4-5-24-25-8-11)17-27-18-14-6-13(21)7-15(22)16(14)26-20(23)30(18)28-17/h4-8,10,12H,2-3,9H2,1H3,(H2,23,26)/t10-,12+/m0/s1. The van der Waals surface area contributed by atoms with Crippen molar-refractivity contribution in [3.8, 4) is 0 Å². The molecule has 0 aliphatic carbocycles. The van der Waals surface area contributed by atoms with E-state index in [9.17, 15) is 13.6 Å². The number of benzene rings is 1. The summed E-state index contributed by atoms with van der Waals surface area (Å²) in [4.78, 5) is 23.3. The highest BCUT2D eigenvalue weighted by Gasteiger charge is 2.33. The number of aromatic nitrogens is 6. The van der Waals surface area contributed by atoms with Crippen molar-refractivity contribution in [1.29, 1.82) is 0 Å². The number of amides is 1. The van der Waals surface area contributed by atoms with Crippen molar-refractivity contribution in [3.05, 3.63) is 53.6 Å². The number of carbonyl (C=O) groups is 1. The molecule has 0 unspecified atom stereocenters. The predicted molar refractivity (Wildman–Crippen MR) is 107 cm³/mol. The summed E-state index contributed by atoms with van der Waals surface area (Å²) in [5.41, 5.74) is 6.57. The molecule has 2 atom stereocenters. The summed E-state index contributed by atoms with van der Waals surface area (Å²) in [6, 6.07) is 3.57. The largest absolute Gasteiger partial charge is 0.368 e. The number of rotatable bonds is 2. The van der Waals surface area contributed by atoms with Gasteiger partial charge in [0.05, 0.1) is 23.3 Å². The second kappa shape index (κ2) is 7.18. The van der Waals surface area contributed by atoms with Crippen LogP contribution in [-0.2, 0) is 0 Å². The van der Waals surface area contributed by atoms with Gasteiger partial charge in [-0.1, -0.05) is 0 Å². The Bertz CT molecular complexity index is 1310. The van der Waals surface area contributed by atoms with Gasteiger partial charge in [-0.05, 0) is 31.9 Å². The number of piperidine rings is 1. The summed E-state index contributed by atoms with van der Waals surface area (Å²) in [7, 11) is 0. The van der Waals surface area contributed by atoms with Gasteiger partial charge in [0.25, 0.3) is 5.91 Å². The maximum absolute atomic E-state index is 14.2. The fourth-order valence-corrected chi connectivity index (χ4v) is 4.03. The third kappa shape index (κ3) is 3.22. The molecule has 0 bridgehead atoms. The first-order chi connectivity index (χ1) is 14.9. The molecule has 3 aromatic heterocycles. The molecule has 1 amide bonds. The second-order valence-electron chi connectivity index (χ2n) is 7.67. The number of nitrogens with two attached hydrogens (primary N) is 1. The summed E-state index contributed by atoms with van der Waals surface area (Å²) in [5, 5.41) is 12.1. The molecule has 4 heterocycles. The Balaban J connectivity index is 1.54. The van der Waals surface area contributed by atoms with E-state index in [1.165, 1.54) is 16.9 Å². The zero-order chi connectivity index (χ0) is 21.7. The van der Waals surface area contributed by atoms with Crippen LogP contribution in [0.4, 0.5) is 14.7 Å². The third-order valence-corrected chi connectivity index (χ3v) is 5.68. The quantitative estimate of drug-likeness (QED) is 0.525. The molecular weight excluding hydrogens is 406 g/mol. The minimum atomic E-state index is -0.817. The highest BCUT2D eigenvalue weighted by molar-refractivity contribution is 5.94. The zero-order valence-corrected chi connectivity index (χ0v) is 16.5. The number of nitrogens with zero attached hydrogens (tertiary/aromatic N) is 7. The molecule has 1 aliphatic heterocycles. The molecule has 0 radical (unpaired) electrons. The summed E-state index contributed by atoms with van der Waals surface area (Å²) in [5.74, 6) is -1.47. The average molecular weight is 424 g/mol. The van der Waals surface area contributed by atoms with E-state index in [4.69, 9.17) is 5.73 Å². The van der Waals surface area contributed by atoms with Gasteiger partial charge in [-0.15, -0.1) is 5.10 Å². The molecule has 0 saturated carbocycles.